The molecule has 0 aliphatic heterocycles. The van der Waals surface area contributed by atoms with Gasteiger partial charge in [-0.1, -0.05) is 29.8 Å². The molecule has 3 rings (SSSR count). The Morgan fingerprint density at radius 3 is 2.50 bits per heavy atom. The van der Waals surface area contributed by atoms with Crippen molar-refractivity contribution in [1.82, 2.24) is 4.98 Å². The Hall–Kier alpha value is -2.34. The number of hydrogen-bond acceptors (Lipinski definition) is 5. The summed E-state index contributed by atoms with van der Waals surface area (Å²) in [7, 11) is 0. The number of nitrogens with one attached hydrogen (secondary N) is 1. The highest BCUT2D eigenvalue weighted by molar-refractivity contribution is 7.14. The summed E-state index contributed by atoms with van der Waals surface area (Å²) in [4.78, 5) is 18.7. The van der Waals surface area contributed by atoms with Crippen molar-refractivity contribution in [2.24, 2.45) is 5.92 Å². The summed E-state index contributed by atoms with van der Waals surface area (Å²) >= 11 is 7.28. The Kier molecular flexibility index (Phi) is 5.61. The third-order valence-electron chi connectivity index (χ3n) is 4.07. The van der Waals surface area contributed by atoms with Crippen LogP contribution in [0.1, 0.15) is 31.8 Å². The Balaban J connectivity index is 2.02. The molecule has 0 saturated heterocycles. The number of aryl methyl sites for hydroxylation is 1. The average molecular weight is 385 g/mol. The van der Waals surface area contributed by atoms with E-state index >= 15 is 0 Å². The molecule has 0 aliphatic carbocycles. The number of pyridine rings is 1. The van der Waals surface area contributed by atoms with E-state index in [1.807, 2.05) is 13.0 Å². The fourth-order valence-corrected chi connectivity index (χ4v) is 3.68. The summed E-state index contributed by atoms with van der Waals surface area (Å²) in [6, 6.07) is 13.7. The number of aliphatic hydroxyl groups excluding tert-OH is 1. The molecule has 0 aliphatic rings. The number of ketones is 1. The molecule has 2 N–H and O–H groups in total. The van der Waals surface area contributed by atoms with Crippen LogP contribution in [-0.4, -0.2) is 21.6 Å². The van der Waals surface area contributed by atoms with E-state index in [1.54, 1.807) is 48.7 Å². The van der Waals surface area contributed by atoms with Crippen molar-refractivity contribution in [3.8, 4) is 0 Å². The SMILES string of the molecule is Cc1ccc(C(=O)C(C(=N)c2ccc(Cl)cc2)C(O)c2cccnc2)s1. The van der Waals surface area contributed by atoms with Crippen molar-refractivity contribution in [2.75, 3.05) is 0 Å². The third kappa shape index (κ3) is 3.90. The molecule has 0 bridgehead atoms. The van der Waals surface area contributed by atoms with Crippen LogP contribution in [0, 0.1) is 18.3 Å². The predicted molar refractivity (Wildman–Crippen MR) is 104 cm³/mol. The van der Waals surface area contributed by atoms with Crippen molar-refractivity contribution < 1.29 is 9.90 Å². The number of carbonyl (C=O) groups excluding carboxylic acids is 1. The molecule has 0 fully saturated rings. The molecule has 2 aromatic heterocycles. The van der Waals surface area contributed by atoms with E-state index in [0.29, 0.717) is 21.0 Å². The molecular formula is C20H17ClN2O2S. The fraction of sp³-hybridized carbons (Fsp3) is 0.150. The summed E-state index contributed by atoms with van der Waals surface area (Å²) in [6.07, 6.45) is 1.95. The summed E-state index contributed by atoms with van der Waals surface area (Å²) in [6.45, 7) is 1.92. The zero-order valence-corrected chi connectivity index (χ0v) is 15.6. The average Bonchev–Trinajstić information content (AvgIpc) is 3.09. The van der Waals surface area contributed by atoms with Crippen LogP contribution < -0.4 is 0 Å². The maximum absolute atomic E-state index is 13.1. The van der Waals surface area contributed by atoms with E-state index in [1.165, 1.54) is 17.5 Å². The van der Waals surface area contributed by atoms with Gasteiger partial charge in [-0.2, -0.15) is 0 Å². The van der Waals surface area contributed by atoms with Crippen molar-refractivity contribution in [1.29, 1.82) is 5.41 Å². The van der Waals surface area contributed by atoms with Crippen LogP contribution in [0.3, 0.4) is 0 Å². The lowest BCUT2D eigenvalue weighted by Gasteiger charge is -2.22. The lowest BCUT2D eigenvalue weighted by atomic mass is 9.84. The first-order valence-electron chi connectivity index (χ1n) is 8.00. The molecule has 2 heterocycles. The number of benzene rings is 1. The van der Waals surface area contributed by atoms with Crippen LogP contribution in [0.25, 0.3) is 0 Å². The van der Waals surface area contributed by atoms with Gasteiger partial charge >= 0.3 is 0 Å². The van der Waals surface area contributed by atoms with Crippen LogP contribution in [0.15, 0.2) is 60.9 Å². The number of Topliss-reactive ketones (excluding diaryl/α,β-unsaturated/α-hetero) is 1. The zero-order chi connectivity index (χ0) is 18.7. The molecule has 2 unspecified atom stereocenters. The van der Waals surface area contributed by atoms with E-state index in [4.69, 9.17) is 17.0 Å². The summed E-state index contributed by atoms with van der Waals surface area (Å²) in [5.41, 5.74) is 1.09. The van der Waals surface area contributed by atoms with E-state index in [2.05, 4.69) is 4.98 Å². The molecule has 1 aromatic carbocycles. The van der Waals surface area contributed by atoms with Gasteiger partial charge in [0.25, 0.3) is 0 Å². The normalized spacial score (nSPS) is 13.2. The minimum Gasteiger partial charge on any atom is -0.387 e. The van der Waals surface area contributed by atoms with Gasteiger partial charge in [-0.15, -0.1) is 11.3 Å². The largest absolute Gasteiger partial charge is 0.387 e. The van der Waals surface area contributed by atoms with Gasteiger partial charge in [0.05, 0.1) is 22.6 Å². The molecule has 0 spiro atoms. The van der Waals surface area contributed by atoms with Crippen molar-refractivity contribution in [3.05, 3.63) is 86.8 Å². The molecule has 0 amide bonds. The lowest BCUT2D eigenvalue weighted by Crippen LogP contribution is -2.30. The zero-order valence-electron chi connectivity index (χ0n) is 14.0. The number of carbonyl (C=O) groups is 1. The van der Waals surface area contributed by atoms with E-state index in [-0.39, 0.29) is 11.5 Å². The molecule has 3 aromatic rings. The molecule has 2 atom stereocenters. The fourth-order valence-electron chi connectivity index (χ4n) is 2.70. The first-order valence-corrected chi connectivity index (χ1v) is 9.20. The first kappa shape index (κ1) is 18.5. The van der Waals surface area contributed by atoms with Gasteiger partial charge in [0, 0.05) is 22.3 Å². The van der Waals surface area contributed by atoms with Crippen molar-refractivity contribution in [3.63, 3.8) is 0 Å². The first-order chi connectivity index (χ1) is 12.5. The van der Waals surface area contributed by atoms with Gasteiger partial charge in [0.1, 0.15) is 0 Å². The Labute approximate surface area is 160 Å². The second-order valence-corrected chi connectivity index (χ2v) is 7.63. The minimum atomic E-state index is -1.17. The number of thiophene rings is 1. The summed E-state index contributed by atoms with van der Waals surface area (Å²) < 4.78 is 0. The topological polar surface area (TPSA) is 74.0 Å². The Morgan fingerprint density at radius 2 is 1.92 bits per heavy atom. The van der Waals surface area contributed by atoms with Crippen LogP contribution in [0.2, 0.25) is 5.02 Å². The second kappa shape index (κ2) is 7.91. The van der Waals surface area contributed by atoms with E-state index in [0.717, 1.165) is 4.88 Å². The Morgan fingerprint density at radius 1 is 1.19 bits per heavy atom. The minimum absolute atomic E-state index is 0.0501. The van der Waals surface area contributed by atoms with Gasteiger partial charge in [0.15, 0.2) is 5.78 Å². The third-order valence-corrected chi connectivity index (χ3v) is 5.34. The van der Waals surface area contributed by atoms with Gasteiger partial charge < -0.3 is 10.5 Å². The maximum Gasteiger partial charge on any atom is 0.184 e. The van der Waals surface area contributed by atoms with Crippen molar-refractivity contribution in [2.45, 2.75) is 13.0 Å². The van der Waals surface area contributed by atoms with Gasteiger partial charge in [-0.25, -0.2) is 0 Å². The van der Waals surface area contributed by atoms with Crippen molar-refractivity contribution >= 4 is 34.4 Å². The van der Waals surface area contributed by atoms with Gasteiger partial charge in [0.2, 0.25) is 0 Å². The monoisotopic (exact) mass is 384 g/mol. The number of halogens is 1. The number of aromatic nitrogens is 1. The number of aliphatic hydroxyl groups is 1. The molecule has 6 heteroatoms. The molecule has 0 radical (unpaired) electrons. The molecule has 4 nitrogen and oxygen atoms in total. The molecule has 0 saturated carbocycles. The van der Waals surface area contributed by atoms with Crippen LogP contribution >= 0.6 is 22.9 Å². The quantitative estimate of drug-likeness (QED) is 0.477. The second-order valence-electron chi connectivity index (χ2n) is 5.90. The summed E-state index contributed by atoms with van der Waals surface area (Å²) in [5.74, 6) is -1.31. The number of rotatable bonds is 6. The highest BCUT2D eigenvalue weighted by atomic mass is 35.5. The van der Waals surface area contributed by atoms with E-state index < -0.39 is 12.0 Å². The molecular weight excluding hydrogens is 368 g/mol. The van der Waals surface area contributed by atoms with E-state index in [9.17, 15) is 9.90 Å². The maximum atomic E-state index is 13.1. The number of nitrogens with zero attached hydrogens (tertiary/aromatic N) is 1. The van der Waals surface area contributed by atoms with Gasteiger partial charge in [-0.3, -0.25) is 9.78 Å². The predicted octanol–water partition coefficient (Wildman–Crippen LogP) is 4.71. The van der Waals surface area contributed by atoms with Crippen LogP contribution in [0.4, 0.5) is 0 Å². The van der Waals surface area contributed by atoms with Crippen LogP contribution in [-0.2, 0) is 0 Å². The summed E-state index contributed by atoms with van der Waals surface area (Å²) in [5, 5.41) is 20.0. The number of hydrogen-bond donors (Lipinski definition) is 2. The Bertz CT molecular complexity index is 922. The highest BCUT2D eigenvalue weighted by Gasteiger charge is 2.34. The lowest BCUT2D eigenvalue weighted by molar-refractivity contribution is 0.0797. The smallest absolute Gasteiger partial charge is 0.184 e. The standard InChI is InChI=1S/C20H17ClN2O2S/c1-12-4-9-16(26-12)20(25)17(19(24)14-3-2-10-23-11-14)18(22)13-5-7-15(21)8-6-13/h2-11,17,19,22,24H,1H3. The van der Waals surface area contributed by atoms with Gasteiger partial charge in [-0.05, 0) is 48.4 Å². The molecule has 26 heavy (non-hydrogen) atoms. The highest BCUT2D eigenvalue weighted by Crippen LogP contribution is 2.30. The van der Waals surface area contributed by atoms with Crippen LogP contribution in [0.5, 0.6) is 0 Å². The molecule has 132 valence electrons.